The molecule has 0 bridgehead atoms. The Bertz CT molecular complexity index is 314. The van der Waals surface area contributed by atoms with Crippen molar-refractivity contribution in [3.8, 4) is 0 Å². The minimum Gasteiger partial charge on any atom is -0.378 e. The Kier molecular flexibility index (Phi) is 2.84. The Morgan fingerprint density at radius 2 is 2.06 bits per heavy atom. The van der Waals surface area contributed by atoms with Crippen LogP contribution in [0.3, 0.4) is 0 Å². The summed E-state index contributed by atoms with van der Waals surface area (Å²) in [5.41, 5.74) is 0. The van der Waals surface area contributed by atoms with Crippen molar-refractivity contribution >= 4 is 5.91 Å². The van der Waals surface area contributed by atoms with E-state index < -0.39 is 5.79 Å². The van der Waals surface area contributed by atoms with E-state index in [1.807, 2.05) is 11.8 Å². The van der Waals surface area contributed by atoms with Crippen molar-refractivity contribution in [3.05, 3.63) is 0 Å². The molecule has 3 heterocycles. The Morgan fingerprint density at radius 1 is 1.29 bits per heavy atom. The van der Waals surface area contributed by atoms with E-state index in [2.05, 4.69) is 0 Å². The van der Waals surface area contributed by atoms with E-state index in [1.165, 1.54) is 0 Å². The van der Waals surface area contributed by atoms with Crippen molar-refractivity contribution in [1.29, 1.82) is 0 Å². The number of amides is 1. The smallest absolute Gasteiger partial charge is 0.228 e. The van der Waals surface area contributed by atoms with Crippen molar-refractivity contribution in [2.24, 2.45) is 5.92 Å². The Balaban J connectivity index is 1.64. The minimum absolute atomic E-state index is 0.0200. The van der Waals surface area contributed by atoms with Gasteiger partial charge in [-0.25, -0.2) is 0 Å². The molecule has 3 rings (SSSR count). The molecular weight excluding hydrogens is 222 g/mol. The lowest BCUT2D eigenvalue weighted by Gasteiger charge is -2.25. The highest BCUT2D eigenvalue weighted by atomic mass is 16.7. The minimum atomic E-state index is -0.502. The summed E-state index contributed by atoms with van der Waals surface area (Å²) in [5, 5.41) is 0. The van der Waals surface area contributed by atoms with E-state index in [1.54, 1.807) is 0 Å². The topological polar surface area (TPSA) is 48.0 Å². The Morgan fingerprint density at radius 3 is 2.71 bits per heavy atom. The molecule has 3 fully saturated rings. The second kappa shape index (κ2) is 4.23. The molecule has 1 spiro atoms. The third-order valence-electron chi connectivity index (χ3n) is 4.01. The summed E-state index contributed by atoms with van der Waals surface area (Å²) >= 11 is 0. The number of hydrogen-bond donors (Lipinski definition) is 0. The van der Waals surface area contributed by atoms with Crippen LogP contribution >= 0.6 is 0 Å². The van der Waals surface area contributed by atoms with Crippen molar-refractivity contribution in [2.45, 2.75) is 31.7 Å². The highest BCUT2D eigenvalue weighted by Crippen LogP contribution is 2.32. The average Bonchev–Trinajstić information content (AvgIpc) is 3.02. The lowest BCUT2D eigenvalue weighted by molar-refractivity contribution is -0.154. The van der Waals surface area contributed by atoms with Crippen LogP contribution in [0.2, 0.25) is 0 Å². The molecule has 2 unspecified atom stereocenters. The van der Waals surface area contributed by atoms with Crippen LogP contribution in [0.5, 0.6) is 0 Å². The average molecular weight is 241 g/mol. The molecule has 1 amide bonds. The first kappa shape index (κ1) is 11.4. The molecule has 3 saturated heterocycles. The van der Waals surface area contributed by atoms with Crippen LogP contribution in [0, 0.1) is 5.92 Å². The first-order valence-electron chi connectivity index (χ1n) is 6.38. The number of ether oxygens (including phenoxy) is 3. The fourth-order valence-corrected chi connectivity index (χ4v) is 2.97. The molecule has 0 aromatic heterocycles. The zero-order chi connectivity index (χ0) is 11.9. The van der Waals surface area contributed by atoms with E-state index in [-0.39, 0.29) is 17.9 Å². The van der Waals surface area contributed by atoms with Gasteiger partial charge in [0.05, 0.1) is 31.8 Å². The molecule has 2 atom stereocenters. The zero-order valence-electron chi connectivity index (χ0n) is 10.2. The van der Waals surface area contributed by atoms with Gasteiger partial charge in [-0.3, -0.25) is 4.79 Å². The number of carbonyl (C=O) groups is 1. The van der Waals surface area contributed by atoms with Crippen LogP contribution in [0.25, 0.3) is 0 Å². The molecule has 0 radical (unpaired) electrons. The maximum Gasteiger partial charge on any atom is 0.228 e. The normalized spacial score (nSPS) is 35.9. The highest BCUT2D eigenvalue weighted by molar-refractivity contribution is 5.80. The monoisotopic (exact) mass is 241 g/mol. The number of nitrogens with zero attached hydrogens (tertiary/aromatic N) is 1. The summed E-state index contributed by atoms with van der Waals surface area (Å²) in [6.07, 6.45) is 1.68. The van der Waals surface area contributed by atoms with E-state index in [0.29, 0.717) is 26.4 Å². The van der Waals surface area contributed by atoms with Crippen LogP contribution in [0.15, 0.2) is 0 Å². The lowest BCUT2D eigenvalue weighted by atomic mass is 10.0. The Labute approximate surface area is 101 Å². The molecule has 5 nitrogen and oxygen atoms in total. The number of rotatable bonds is 1. The molecule has 0 aromatic rings. The van der Waals surface area contributed by atoms with Gasteiger partial charge in [-0.1, -0.05) is 0 Å². The van der Waals surface area contributed by atoms with Gasteiger partial charge in [0.1, 0.15) is 0 Å². The van der Waals surface area contributed by atoms with E-state index in [0.717, 1.165) is 19.4 Å². The third-order valence-corrected chi connectivity index (χ3v) is 4.01. The maximum atomic E-state index is 12.3. The third kappa shape index (κ3) is 1.96. The van der Waals surface area contributed by atoms with Crippen molar-refractivity contribution in [1.82, 2.24) is 4.90 Å². The molecular formula is C12H19NO4. The van der Waals surface area contributed by atoms with Gasteiger partial charge in [-0.2, -0.15) is 0 Å². The van der Waals surface area contributed by atoms with Crippen molar-refractivity contribution < 1.29 is 19.0 Å². The molecule has 0 aromatic carbocycles. The summed E-state index contributed by atoms with van der Waals surface area (Å²) in [5.74, 6) is -0.282. The molecule has 0 aliphatic carbocycles. The molecule has 17 heavy (non-hydrogen) atoms. The summed E-state index contributed by atoms with van der Waals surface area (Å²) in [4.78, 5) is 14.2. The van der Waals surface area contributed by atoms with Crippen molar-refractivity contribution in [3.63, 3.8) is 0 Å². The van der Waals surface area contributed by atoms with E-state index in [4.69, 9.17) is 14.2 Å². The van der Waals surface area contributed by atoms with Gasteiger partial charge < -0.3 is 19.1 Å². The van der Waals surface area contributed by atoms with Crippen LogP contribution < -0.4 is 0 Å². The zero-order valence-corrected chi connectivity index (χ0v) is 10.2. The first-order chi connectivity index (χ1) is 8.20. The summed E-state index contributed by atoms with van der Waals surface area (Å²) in [7, 11) is 0. The van der Waals surface area contributed by atoms with Gasteiger partial charge in [0.2, 0.25) is 5.91 Å². The summed E-state index contributed by atoms with van der Waals surface area (Å²) < 4.78 is 16.7. The van der Waals surface area contributed by atoms with E-state index in [9.17, 15) is 4.79 Å². The first-order valence-corrected chi connectivity index (χ1v) is 6.38. The predicted octanol–water partition coefficient (Wildman–Crippen LogP) is 0.387. The van der Waals surface area contributed by atoms with Gasteiger partial charge in [0.15, 0.2) is 5.79 Å². The van der Waals surface area contributed by atoms with Crippen LogP contribution in [0.1, 0.15) is 19.8 Å². The quantitative estimate of drug-likeness (QED) is 0.666. The highest BCUT2D eigenvalue weighted by Gasteiger charge is 2.46. The number of likely N-dealkylation sites (tertiary alicyclic amines) is 1. The fraction of sp³-hybridized carbons (Fsp3) is 0.917. The lowest BCUT2D eigenvalue weighted by Crippen LogP contribution is -2.41. The largest absolute Gasteiger partial charge is 0.378 e. The van der Waals surface area contributed by atoms with Crippen LogP contribution in [-0.2, 0) is 19.0 Å². The molecule has 3 aliphatic heterocycles. The standard InChI is InChI=1S/C12H19NO4/c1-9-10(2-5-15-9)11(14)13-4-3-12(8-13)16-6-7-17-12/h9-10H,2-8H2,1H3. The SMILES string of the molecule is CC1OCCC1C(=O)N1CCC2(C1)OCCO2. The fourth-order valence-electron chi connectivity index (χ4n) is 2.97. The molecule has 3 aliphatic rings. The van der Waals surface area contributed by atoms with Gasteiger partial charge >= 0.3 is 0 Å². The van der Waals surface area contributed by atoms with Crippen molar-refractivity contribution in [2.75, 3.05) is 32.9 Å². The van der Waals surface area contributed by atoms with Crippen LogP contribution in [0.4, 0.5) is 0 Å². The molecule has 0 saturated carbocycles. The summed E-state index contributed by atoms with van der Waals surface area (Å²) in [6, 6.07) is 0. The second-order valence-corrected chi connectivity index (χ2v) is 5.09. The Hall–Kier alpha value is -0.650. The molecule has 0 N–H and O–H groups in total. The van der Waals surface area contributed by atoms with Gasteiger partial charge in [-0.05, 0) is 13.3 Å². The number of hydrogen-bond acceptors (Lipinski definition) is 4. The van der Waals surface area contributed by atoms with Gasteiger partial charge in [0, 0.05) is 19.6 Å². The second-order valence-electron chi connectivity index (χ2n) is 5.09. The van der Waals surface area contributed by atoms with E-state index >= 15 is 0 Å². The molecule has 96 valence electrons. The van der Waals surface area contributed by atoms with Crippen LogP contribution in [-0.4, -0.2) is 55.6 Å². The summed E-state index contributed by atoms with van der Waals surface area (Å²) in [6.45, 7) is 5.28. The predicted molar refractivity (Wildman–Crippen MR) is 59.4 cm³/mol. The van der Waals surface area contributed by atoms with Gasteiger partial charge in [0.25, 0.3) is 0 Å². The number of carbonyl (C=O) groups excluding carboxylic acids is 1. The maximum absolute atomic E-state index is 12.3. The van der Waals surface area contributed by atoms with Gasteiger partial charge in [-0.15, -0.1) is 0 Å². The molecule has 5 heteroatoms.